The fraction of sp³-hybridized carbons (Fsp3) is 0. The van der Waals surface area contributed by atoms with Gasteiger partial charge >= 0.3 is 5.88 Å². The molecule has 0 saturated heterocycles. The van der Waals surface area contributed by atoms with Gasteiger partial charge in [-0.3, -0.25) is 10.1 Å². The van der Waals surface area contributed by atoms with Crippen LogP contribution in [0.2, 0.25) is 0 Å². The summed E-state index contributed by atoms with van der Waals surface area (Å²) in [6.07, 6.45) is 0. The van der Waals surface area contributed by atoms with Gasteiger partial charge in [-0.2, -0.15) is 10.2 Å². The number of hydrogen-bond donors (Lipinski definition) is 1. The molecule has 0 aromatic carbocycles. The molecule has 2 heterocycles. The monoisotopic (exact) mass is 220 g/mol. The molecule has 0 spiro atoms. The van der Waals surface area contributed by atoms with E-state index in [1.807, 2.05) is 0 Å². The molecule has 0 aliphatic rings. The molecule has 2 aromatic rings. The minimum absolute atomic E-state index is 0.0416. The number of aromatic nitrogens is 1. The van der Waals surface area contributed by atoms with Crippen LogP contribution >= 0.6 is 0 Å². The van der Waals surface area contributed by atoms with E-state index in [-0.39, 0.29) is 23.2 Å². The van der Waals surface area contributed by atoms with Crippen LogP contribution in [-0.4, -0.2) is 9.91 Å². The molecule has 80 valence electrons. The third-order valence-corrected chi connectivity index (χ3v) is 1.74. The lowest BCUT2D eigenvalue weighted by atomic mass is 10.4. The van der Waals surface area contributed by atoms with Crippen LogP contribution in [0, 0.1) is 21.4 Å². The molecule has 0 atom stereocenters. The Kier molecular flexibility index (Phi) is 2.06. The van der Waals surface area contributed by atoms with Crippen LogP contribution in [0.4, 0.5) is 11.8 Å². The van der Waals surface area contributed by atoms with Crippen molar-refractivity contribution in [1.29, 1.82) is 5.26 Å². The summed E-state index contributed by atoms with van der Waals surface area (Å²) in [7, 11) is 0. The Hall–Kier alpha value is -2.82. The summed E-state index contributed by atoms with van der Waals surface area (Å²) >= 11 is 0. The van der Waals surface area contributed by atoms with Gasteiger partial charge in [-0.15, -0.1) is 0 Å². The molecule has 0 radical (unpaired) electrons. The molecular weight excluding hydrogens is 216 g/mol. The standard InChI is InChI=1S/C8H4N4O4/c9-3-4-7(10)16-8(11-4)5-1-2-6(15-5)12(13)14/h1-2H,10H2. The Morgan fingerprint density at radius 2 is 2.25 bits per heavy atom. The van der Waals surface area contributed by atoms with E-state index in [9.17, 15) is 10.1 Å². The van der Waals surface area contributed by atoms with Crippen molar-refractivity contribution in [3.8, 4) is 17.7 Å². The highest BCUT2D eigenvalue weighted by atomic mass is 16.6. The molecule has 0 fully saturated rings. The number of hydrogen-bond acceptors (Lipinski definition) is 7. The minimum atomic E-state index is -0.693. The van der Waals surface area contributed by atoms with Crippen LogP contribution in [0.1, 0.15) is 5.69 Å². The van der Waals surface area contributed by atoms with Crippen molar-refractivity contribution in [3.63, 3.8) is 0 Å². The predicted molar refractivity (Wildman–Crippen MR) is 50.0 cm³/mol. The fourth-order valence-electron chi connectivity index (χ4n) is 1.06. The van der Waals surface area contributed by atoms with Crippen molar-refractivity contribution in [2.45, 2.75) is 0 Å². The van der Waals surface area contributed by atoms with Crippen LogP contribution in [-0.2, 0) is 0 Å². The summed E-state index contributed by atoms with van der Waals surface area (Å²) in [5.74, 6) is -0.621. The lowest BCUT2D eigenvalue weighted by molar-refractivity contribution is -0.401. The third-order valence-electron chi connectivity index (χ3n) is 1.74. The molecule has 8 nitrogen and oxygen atoms in total. The number of nitrogens with two attached hydrogens (primary N) is 1. The second-order valence-corrected chi connectivity index (χ2v) is 2.74. The number of rotatable bonds is 2. The normalized spacial score (nSPS) is 9.94. The molecular formula is C8H4N4O4. The SMILES string of the molecule is N#Cc1nc(-c2ccc([N+](=O)[O-])o2)oc1N. The van der Waals surface area contributed by atoms with Gasteiger partial charge < -0.3 is 14.6 Å². The molecule has 2 aromatic heterocycles. The number of anilines is 1. The van der Waals surface area contributed by atoms with Crippen molar-refractivity contribution in [2.24, 2.45) is 0 Å². The van der Waals surface area contributed by atoms with Crippen molar-refractivity contribution in [2.75, 3.05) is 5.73 Å². The van der Waals surface area contributed by atoms with Gasteiger partial charge in [-0.25, -0.2) is 0 Å². The zero-order chi connectivity index (χ0) is 11.7. The van der Waals surface area contributed by atoms with Crippen LogP contribution in [0.5, 0.6) is 0 Å². The Labute approximate surface area is 88.0 Å². The summed E-state index contributed by atoms with van der Waals surface area (Å²) < 4.78 is 9.74. The molecule has 16 heavy (non-hydrogen) atoms. The van der Waals surface area contributed by atoms with Gasteiger partial charge in [0.15, 0.2) is 5.76 Å². The average molecular weight is 220 g/mol. The minimum Gasteiger partial charge on any atom is -0.416 e. The van der Waals surface area contributed by atoms with Crippen molar-refractivity contribution < 1.29 is 13.8 Å². The quantitative estimate of drug-likeness (QED) is 0.595. The van der Waals surface area contributed by atoms with E-state index in [1.54, 1.807) is 6.07 Å². The Bertz CT molecular complexity index is 591. The highest BCUT2D eigenvalue weighted by molar-refractivity contribution is 5.53. The van der Waals surface area contributed by atoms with Crippen LogP contribution < -0.4 is 5.73 Å². The van der Waals surface area contributed by atoms with Crippen LogP contribution in [0.25, 0.3) is 11.7 Å². The van der Waals surface area contributed by atoms with Gasteiger partial charge in [-0.1, -0.05) is 0 Å². The van der Waals surface area contributed by atoms with Crippen molar-refractivity contribution in [1.82, 2.24) is 4.98 Å². The zero-order valence-corrected chi connectivity index (χ0v) is 7.71. The van der Waals surface area contributed by atoms with Gasteiger partial charge in [0.25, 0.3) is 5.89 Å². The first-order valence-electron chi connectivity index (χ1n) is 4.03. The van der Waals surface area contributed by atoms with Crippen molar-refractivity contribution >= 4 is 11.8 Å². The molecule has 0 saturated carbocycles. The first-order valence-corrected chi connectivity index (χ1v) is 4.03. The van der Waals surface area contributed by atoms with E-state index in [1.165, 1.54) is 6.07 Å². The molecule has 0 unspecified atom stereocenters. The smallest absolute Gasteiger partial charge is 0.416 e. The van der Waals surface area contributed by atoms with E-state index in [2.05, 4.69) is 4.98 Å². The van der Waals surface area contributed by atoms with Gasteiger partial charge in [0.1, 0.15) is 11.0 Å². The summed E-state index contributed by atoms with van der Waals surface area (Å²) in [5, 5.41) is 18.9. The molecule has 0 amide bonds. The number of nitriles is 1. The second kappa shape index (κ2) is 3.39. The Morgan fingerprint density at radius 1 is 1.50 bits per heavy atom. The van der Waals surface area contributed by atoms with Gasteiger partial charge in [0.2, 0.25) is 11.6 Å². The molecule has 8 heteroatoms. The topological polar surface area (TPSA) is 132 Å². The average Bonchev–Trinajstić information content (AvgIpc) is 2.83. The summed E-state index contributed by atoms with van der Waals surface area (Å²) in [6, 6.07) is 4.17. The number of nitrogen functional groups attached to an aromatic ring is 1. The third kappa shape index (κ3) is 1.46. The van der Waals surface area contributed by atoms with E-state index in [4.69, 9.17) is 19.8 Å². The van der Waals surface area contributed by atoms with E-state index in [0.717, 1.165) is 6.07 Å². The van der Waals surface area contributed by atoms with E-state index in [0.29, 0.717) is 0 Å². The number of oxazole rings is 1. The van der Waals surface area contributed by atoms with E-state index >= 15 is 0 Å². The fourth-order valence-corrected chi connectivity index (χ4v) is 1.06. The lowest BCUT2D eigenvalue weighted by Crippen LogP contribution is -1.84. The summed E-state index contributed by atoms with van der Waals surface area (Å²) in [4.78, 5) is 13.4. The summed E-state index contributed by atoms with van der Waals surface area (Å²) in [5.41, 5.74) is 5.24. The van der Waals surface area contributed by atoms with Crippen molar-refractivity contribution in [3.05, 3.63) is 27.9 Å². The van der Waals surface area contributed by atoms with Gasteiger partial charge in [0.05, 0.1) is 6.07 Å². The second-order valence-electron chi connectivity index (χ2n) is 2.74. The Morgan fingerprint density at radius 3 is 2.75 bits per heavy atom. The molecule has 0 aliphatic carbocycles. The van der Waals surface area contributed by atoms with Gasteiger partial charge in [0, 0.05) is 0 Å². The van der Waals surface area contributed by atoms with E-state index < -0.39 is 10.8 Å². The maximum atomic E-state index is 10.4. The lowest BCUT2D eigenvalue weighted by Gasteiger charge is -1.85. The molecule has 2 N–H and O–H groups in total. The molecule has 2 rings (SSSR count). The maximum absolute atomic E-state index is 10.4. The first kappa shape index (κ1) is 9.72. The molecule has 0 aliphatic heterocycles. The van der Waals surface area contributed by atoms with Crippen LogP contribution in [0.15, 0.2) is 21.0 Å². The number of furan rings is 1. The zero-order valence-electron chi connectivity index (χ0n) is 7.71. The summed E-state index contributed by atoms with van der Waals surface area (Å²) in [6.45, 7) is 0. The maximum Gasteiger partial charge on any atom is 0.433 e. The highest BCUT2D eigenvalue weighted by Crippen LogP contribution is 2.27. The highest BCUT2D eigenvalue weighted by Gasteiger charge is 2.18. The predicted octanol–water partition coefficient (Wildman–Crippen LogP) is 1.30. The largest absolute Gasteiger partial charge is 0.433 e. The number of nitro groups is 1. The number of nitrogens with zero attached hydrogens (tertiary/aromatic N) is 3. The first-order chi connectivity index (χ1) is 7.61. The molecule has 0 bridgehead atoms. The van der Waals surface area contributed by atoms with Crippen LogP contribution in [0.3, 0.4) is 0 Å². The van der Waals surface area contributed by atoms with Gasteiger partial charge in [-0.05, 0) is 6.07 Å². The Balaban J connectivity index is 2.43.